The van der Waals surface area contributed by atoms with Gasteiger partial charge in [-0.2, -0.15) is 0 Å². The summed E-state index contributed by atoms with van der Waals surface area (Å²) in [4.78, 5) is 9.37. The fraction of sp³-hybridized carbons (Fsp3) is 0.286. The molecule has 0 bridgehead atoms. The monoisotopic (exact) mass is 342 g/mol. The number of phenols is 2. The SMILES string of the molecule is CCC(=C(CC)c1ccc(O)cc1)c1ccc(O)cc1.CCC(=O)O. The Labute approximate surface area is 149 Å². The number of allylic oxidation sites excluding steroid dienone is 2. The lowest BCUT2D eigenvalue weighted by Gasteiger charge is -2.14. The Morgan fingerprint density at radius 1 is 0.680 bits per heavy atom. The molecule has 0 radical (unpaired) electrons. The molecule has 134 valence electrons. The standard InChI is InChI=1S/C18H20O2.C3H6O2/c1-3-17(13-5-9-15(19)10-6-13)18(4-2)14-7-11-16(20)12-8-14;1-2-3(4)5/h5-12,19-20H,3-4H2,1-2H3;2H2,1H3,(H,4,5). The van der Waals surface area contributed by atoms with Crippen LogP contribution in [0.5, 0.6) is 11.5 Å². The van der Waals surface area contributed by atoms with Gasteiger partial charge in [-0.05, 0) is 59.4 Å². The van der Waals surface area contributed by atoms with Gasteiger partial charge in [-0.15, -0.1) is 0 Å². The first-order valence-electron chi connectivity index (χ1n) is 8.45. The molecule has 0 aromatic heterocycles. The molecule has 0 aliphatic rings. The summed E-state index contributed by atoms with van der Waals surface area (Å²) in [6, 6.07) is 14.7. The van der Waals surface area contributed by atoms with Gasteiger partial charge in [0.2, 0.25) is 0 Å². The summed E-state index contributed by atoms with van der Waals surface area (Å²) in [6.45, 7) is 5.87. The first kappa shape index (κ1) is 20.3. The smallest absolute Gasteiger partial charge is 0.303 e. The van der Waals surface area contributed by atoms with E-state index in [1.807, 2.05) is 24.3 Å². The van der Waals surface area contributed by atoms with Crippen LogP contribution in [0.1, 0.15) is 51.2 Å². The molecule has 0 saturated carbocycles. The van der Waals surface area contributed by atoms with Gasteiger partial charge < -0.3 is 15.3 Å². The lowest BCUT2D eigenvalue weighted by atomic mass is 9.91. The van der Waals surface area contributed by atoms with E-state index in [0.717, 1.165) is 24.0 Å². The quantitative estimate of drug-likeness (QED) is 0.644. The summed E-state index contributed by atoms with van der Waals surface area (Å²) in [7, 11) is 0. The number of aromatic hydroxyl groups is 2. The normalized spacial score (nSPS) is 11.2. The van der Waals surface area contributed by atoms with E-state index in [0.29, 0.717) is 0 Å². The van der Waals surface area contributed by atoms with Crippen molar-refractivity contribution in [1.82, 2.24) is 0 Å². The predicted molar refractivity (Wildman–Crippen MR) is 102 cm³/mol. The summed E-state index contributed by atoms with van der Waals surface area (Å²) < 4.78 is 0. The molecule has 2 aromatic rings. The zero-order chi connectivity index (χ0) is 18.8. The molecule has 2 rings (SSSR count). The van der Waals surface area contributed by atoms with Gasteiger partial charge in [0.05, 0.1) is 0 Å². The third-order valence-electron chi connectivity index (χ3n) is 3.81. The fourth-order valence-electron chi connectivity index (χ4n) is 2.51. The summed E-state index contributed by atoms with van der Waals surface area (Å²) in [5.41, 5.74) is 4.82. The minimum Gasteiger partial charge on any atom is -0.508 e. The molecule has 2 aromatic carbocycles. The Kier molecular flexibility index (Phi) is 8.27. The van der Waals surface area contributed by atoms with E-state index in [1.54, 1.807) is 31.2 Å². The topological polar surface area (TPSA) is 77.8 Å². The van der Waals surface area contributed by atoms with Gasteiger partial charge >= 0.3 is 5.97 Å². The predicted octanol–water partition coefficient (Wildman–Crippen LogP) is 5.31. The number of benzene rings is 2. The Balaban J connectivity index is 0.000000550. The molecule has 4 nitrogen and oxygen atoms in total. The van der Waals surface area contributed by atoms with Crippen LogP contribution in [0, 0.1) is 0 Å². The minimum absolute atomic E-state index is 0.222. The van der Waals surface area contributed by atoms with Crippen molar-refractivity contribution in [2.45, 2.75) is 40.0 Å². The molecule has 0 unspecified atom stereocenters. The first-order valence-corrected chi connectivity index (χ1v) is 8.45. The molecular weight excluding hydrogens is 316 g/mol. The Bertz CT molecular complexity index is 642. The van der Waals surface area contributed by atoms with Gasteiger partial charge in [0.25, 0.3) is 0 Å². The number of carbonyl (C=O) groups is 1. The molecule has 0 atom stereocenters. The van der Waals surface area contributed by atoms with Crippen LogP contribution in [0.15, 0.2) is 48.5 Å². The van der Waals surface area contributed by atoms with E-state index in [4.69, 9.17) is 5.11 Å². The van der Waals surface area contributed by atoms with Gasteiger partial charge in [-0.25, -0.2) is 0 Å². The molecule has 3 N–H and O–H groups in total. The molecule has 4 heteroatoms. The maximum absolute atomic E-state index is 9.41. The number of carboxylic acid groups (broad SMARTS) is 1. The van der Waals surface area contributed by atoms with Gasteiger partial charge in [0, 0.05) is 6.42 Å². The number of hydrogen-bond donors (Lipinski definition) is 3. The van der Waals surface area contributed by atoms with Gasteiger partial charge in [-0.3, -0.25) is 4.79 Å². The second-order valence-electron chi connectivity index (χ2n) is 5.51. The van der Waals surface area contributed by atoms with E-state index in [9.17, 15) is 15.0 Å². The van der Waals surface area contributed by atoms with Crippen molar-refractivity contribution >= 4 is 17.1 Å². The van der Waals surface area contributed by atoms with Crippen LogP contribution in [0.3, 0.4) is 0 Å². The van der Waals surface area contributed by atoms with Crippen LogP contribution in [0.4, 0.5) is 0 Å². The van der Waals surface area contributed by atoms with Crippen molar-refractivity contribution in [3.05, 3.63) is 59.7 Å². The zero-order valence-electron chi connectivity index (χ0n) is 15.0. The molecule has 0 aliphatic carbocycles. The lowest BCUT2D eigenvalue weighted by molar-refractivity contribution is -0.136. The van der Waals surface area contributed by atoms with E-state index < -0.39 is 5.97 Å². The maximum atomic E-state index is 9.41. The third-order valence-corrected chi connectivity index (χ3v) is 3.81. The highest BCUT2D eigenvalue weighted by atomic mass is 16.4. The summed E-state index contributed by atoms with van der Waals surface area (Å²) in [6.07, 6.45) is 2.07. The van der Waals surface area contributed by atoms with E-state index >= 15 is 0 Å². The summed E-state index contributed by atoms with van der Waals surface area (Å²) >= 11 is 0. The molecule has 0 spiro atoms. The van der Waals surface area contributed by atoms with Gasteiger partial charge in [-0.1, -0.05) is 45.0 Å². The Morgan fingerprint density at radius 3 is 1.16 bits per heavy atom. The molecule has 0 aliphatic heterocycles. The van der Waals surface area contributed by atoms with Crippen molar-refractivity contribution in [2.75, 3.05) is 0 Å². The van der Waals surface area contributed by atoms with Crippen LogP contribution in [0.25, 0.3) is 11.1 Å². The average molecular weight is 342 g/mol. The van der Waals surface area contributed by atoms with E-state index in [1.165, 1.54) is 11.1 Å². The number of rotatable bonds is 5. The molecule has 0 fully saturated rings. The first-order chi connectivity index (χ1) is 11.9. The lowest BCUT2D eigenvalue weighted by Crippen LogP contribution is -1.91. The molecular formula is C21H26O4. The number of phenolic OH excluding ortho intramolecular Hbond substituents is 2. The molecule has 0 saturated heterocycles. The van der Waals surface area contributed by atoms with Crippen LogP contribution in [-0.4, -0.2) is 21.3 Å². The Hall–Kier alpha value is -2.75. The van der Waals surface area contributed by atoms with Crippen molar-refractivity contribution < 1.29 is 20.1 Å². The highest BCUT2D eigenvalue weighted by Crippen LogP contribution is 2.32. The van der Waals surface area contributed by atoms with Crippen LogP contribution in [-0.2, 0) is 4.79 Å². The van der Waals surface area contributed by atoms with E-state index in [2.05, 4.69) is 13.8 Å². The largest absolute Gasteiger partial charge is 0.508 e. The number of hydrogen-bond acceptors (Lipinski definition) is 3. The average Bonchev–Trinajstić information content (AvgIpc) is 2.62. The van der Waals surface area contributed by atoms with Crippen molar-refractivity contribution in [2.24, 2.45) is 0 Å². The number of aliphatic carboxylic acids is 1. The molecule has 25 heavy (non-hydrogen) atoms. The molecule has 0 heterocycles. The van der Waals surface area contributed by atoms with Crippen molar-refractivity contribution in [1.29, 1.82) is 0 Å². The zero-order valence-corrected chi connectivity index (χ0v) is 15.0. The van der Waals surface area contributed by atoms with Gasteiger partial charge in [0.1, 0.15) is 11.5 Å². The van der Waals surface area contributed by atoms with Gasteiger partial charge in [0.15, 0.2) is 0 Å². The third kappa shape index (κ3) is 6.34. The Morgan fingerprint density at radius 2 is 0.960 bits per heavy atom. The second kappa shape index (κ2) is 10.2. The second-order valence-corrected chi connectivity index (χ2v) is 5.51. The van der Waals surface area contributed by atoms with Crippen LogP contribution >= 0.6 is 0 Å². The summed E-state index contributed by atoms with van der Waals surface area (Å²) in [5.74, 6) is -0.177. The maximum Gasteiger partial charge on any atom is 0.303 e. The van der Waals surface area contributed by atoms with Crippen LogP contribution < -0.4 is 0 Å². The van der Waals surface area contributed by atoms with Crippen molar-refractivity contribution in [3.8, 4) is 11.5 Å². The molecule has 0 amide bonds. The minimum atomic E-state index is -0.745. The summed E-state index contributed by atoms with van der Waals surface area (Å²) in [5, 5.41) is 26.5. The van der Waals surface area contributed by atoms with Crippen molar-refractivity contribution in [3.63, 3.8) is 0 Å². The van der Waals surface area contributed by atoms with Crippen LogP contribution in [0.2, 0.25) is 0 Å². The fourth-order valence-corrected chi connectivity index (χ4v) is 2.51. The highest BCUT2D eigenvalue weighted by molar-refractivity contribution is 5.90. The number of carboxylic acids is 1. The highest BCUT2D eigenvalue weighted by Gasteiger charge is 2.09. The van der Waals surface area contributed by atoms with E-state index in [-0.39, 0.29) is 17.9 Å².